The van der Waals surface area contributed by atoms with Crippen LogP contribution >= 0.6 is 0 Å². The van der Waals surface area contributed by atoms with Gasteiger partial charge in [-0.3, -0.25) is 0 Å². The summed E-state index contributed by atoms with van der Waals surface area (Å²) in [5, 5.41) is 17.3. The molecule has 0 aliphatic rings. The van der Waals surface area contributed by atoms with Crippen molar-refractivity contribution in [3.63, 3.8) is 0 Å². The standard InChI is InChI=1S/2CH3NO2.Hg/c2*2-1(3)4;/h2*2H2,(H,3,4);/q;;+2/p-2. The van der Waals surface area contributed by atoms with E-state index in [0.29, 0.717) is 0 Å². The van der Waals surface area contributed by atoms with E-state index in [1.165, 1.54) is 0 Å². The Kier molecular flexibility index (Phi) is 18.4. The molecule has 0 aliphatic carbocycles. The van der Waals surface area contributed by atoms with Crippen LogP contribution in [0.15, 0.2) is 0 Å². The van der Waals surface area contributed by atoms with E-state index in [1.54, 1.807) is 0 Å². The number of carbonyl (C=O) groups is 2. The van der Waals surface area contributed by atoms with Crippen LogP contribution in [0.1, 0.15) is 0 Å². The average molecular weight is 321 g/mol. The van der Waals surface area contributed by atoms with Crippen LogP contribution in [-0.2, 0) is 27.7 Å². The summed E-state index contributed by atoms with van der Waals surface area (Å²) < 4.78 is 0. The van der Waals surface area contributed by atoms with Gasteiger partial charge in [-0.2, -0.15) is 0 Å². The minimum atomic E-state index is -1.58. The van der Waals surface area contributed by atoms with Crippen molar-refractivity contribution in [3.05, 3.63) is 0 Å². The summed E-state index contributed by atoms with van der Waals surface area (Å²) in [6.07, 6.45) is -3.17. The summed E-state index contributed by atoms with van der Waals surface area (Å²) in [7, 11) is 0. The summed E-state index contributed by atoms with van der Waals surface area (Å²) in [6, 6.07) is 0. The van der Waals surface area contributed by atoms with Gasteiger partial charge in [0.05, 0.1) is 0 Å². The molecule has 9 heavy (non-hydrogen) atoms. The number of carbonyl (C=O) groups excluding carboxylic acids is 2. The summed E-state index contributed by atoms with van der Waals surface area (Å²) in [4.78, 5) is 17.3. The third-order valence-electron chi connectivity index (χ3n) is 0. The van der Waals surface area contributed by atoms with E-state index in [-0.39, 0.29) is 27.7 Å². The van der Waals surface area contributed by atoms with E-state index in [0.717, 1.165) is 0 Å². The van der Waals surface area contributed by atoms with Gasteiger partial charge in [0.15, 0.2) is 0 Å². The van der Waals surface area contributed by atoms with Gasteiger partial charge in [-0.15, -0.1) is 0 Å². The average Bonchev–Trinajstić information content (AvgIpc) is 1.25. The molecule has 7 heteroatoms. The van der Waals surface area contributed by atoms with Crippen molar-refractivity contribution in [3.8, 4) is 0 Å². The predicted octanol–water partition coefficient (Wildman–Crippen LogP) is -3.43. The Bertz CT molecular complexity index is 74.6. The Morgan fingerprint density at radius 2 is 1.00 bits per heavy atom. The first-order valence-electron chi connectivity index (χ1n) is 1.39. The number of hydrogen-bond donors (Lipinski definition) is 2. The quantitative estimate of drug-likeness (QED) is 0.450. The Balaban J connectivity index is -0.0000000720. The fourth-order valence-corrected chi connectivity index (χ4v) is 0. The van der Waals surface area contributed by atoms with Crippen LogP contribution in [0.4, 0.5) is 9.59 Å². The van der Waals surface area contributed by atoms with Crippen LogP contribution in [0.2, 0.25) is 0 Å². The molecule has 4 N–H and O–H groups in total. The van der Waals surface area contributed by atoms with Gasteiger partial charge in [-0.1, -0.05) is 0 Å². The molecule has 0 fully saturated rings. The SMILES string of the molecule is NC(=O)[O-].NC(=O)[O-].[Hg+2]. The van der Waals surface area contributed by atoms with Crippen molar-refractivity contribution in [2.45, 2.75) is 0 Å². The van der Waals surface area contributed by atoms with Crippen molar-refractivity contribution in [1.29, 1.82) is 0 Å². The molecule has 0 aromatic rings. The molecule has 0 aromatic heterocycles. The Morgan fingerprint density at radius 1 is 1.00 bits per heavy atom. The zero-order valence-electron chi connectivity index (χ0n) is 4.49. The summed E-state index contributed by atoms with van der Waals surface area (Å²) in [5.74, 6) is 0. The first-order chi connectivity index (χ1) is 3.46. The maximum Gasteiger partial charge on any atom is 2.00 e. The molecule has 0 saturated carbocycles. The number of rotatable bonds is 0. The molecule has 0 aromatic carbocycles. The molecule has 0 unspecified atom stereocenters. The Hall–Kier alpha value is -0.525. The van der Waals surface area contributed by atoms with Crippen LogP contribution < -0.4 is 21.7 Å². The monoisotopic (exact) mass is 322 g/mol. The molecular formula is C2H4HgN2O4. The number of hydrogen-bond acceptors (Lipinski definition) is 4. The molecule has 0 spiro atoms. The normalized spacial score (nSPS) is 5.33. The zero-order chi connectivity index (χ0) is 7.15. The molecule has 0 heterocycles. The maximum atomic E-state index is 8.67. The van der Waals surface area contributed by atoms with Crippen molar-refractivity contribution in [2.75, 3.05) is 0 Å². The van der Waals surface area contributed by atoms with Crippen molar-refractivity contribution in [1.82, 2.24) is 0 Å². The number of nitrogens with two attached hydrogens (primary N) is 2. The Morgan fingerprint density at radius 3 is 1.00 bits per heavy atom. The topological polar surface area (TPSA) is 132 Å². The summed E-state index contributed by atoms with van der Waals surface area (Å²) in [6.45, 7) is 0. The van der Waals surface area contributed by atoms with Crippen LogP contribution in [0, 0.1) is 0 Å². The van der Waals surface area contributed by atoms with E-state index in [4.69, 9.17) is 19.8 Å². The van der Waals surface area contributed by atoms with Gasteiger partial charge in [-0.25, -0.2) is 0 Å². The third kappa shape index (κ3) is 813. The number of amides is 2. The van der Waals surface area contributed by atoms with Crippen molar-refractivity contribution < 1.29 is 47.5 Å². The van der Waals surface area contributed by atoms with Crippen LogP contribution in [0.5, 0.6) is 0 Å². The van der Waals surface area contributed by atoms with Crippen LogP contribution in [0.25, 0.3) is 0 Å². The van der Waals surface area contributed by atoms with Gasteiger partial charge in [0.2, 0.25) is 0 Å². The van der Waals surface area contributed by atoms with Crippen LogP contribution in [-0.4, -0.2) is 12.2 Å². The Labute approximate surface area is 71.3 Å². The van der Waals surface area contributed by atoms with Gasteiger partial charge < -0.3 is 31.3 Å². The summed E-state index contributed by atoms with van der Waals surface area (Å²) in [5.41, 5.74) is 7.83. The molecule has 0 rings (SSSR count). The minimum absolute atomic E-state index is 0. The maximum absolute atomic E-state index is 8.67. The number of carboxylic acid groups (broad SMARTS) is 2. The zero-order valence-corrected chi connectivity index (χ0v) is 9.99. The van der Waals surface area contributed by atoms with E-state index in [1.807, 2.05) is 0 Å². The molecular weight excluding hydrogens is 317 g/mol. The first kappa shape index (κ1) is 15.8. The molecule has 2 amide bonds. The van der Waals surface area contributed by atoms with Crippen molar-refractivity contribution in [2.24, 2.45) is 11.5 Å². The van der Waals surface area contributed by atoms with Gasteiger partial charge in [-0.05, 0) is 0 Å². The van der Waals surface area contributed by atoms with E-state index >= 15 is 0 Å². The van der Waals surface area contributed by atoms with Gasteiger partial charge in [0.1, 0.15) is 12.2 Å². The molecule has 0 saturated heterocycles. The second-order valence-electron chi connectivity index (χ2n) is 0.638. The summed E-state index contributed by atoms with van der Waals surface area (Å²) >= 11 is 0. The molecule has 6 nitrogen and oxygen atoms in total. The van der Waals surface area contributed by atoms with E-state index in [2.05, 4.69) is 11.5 Å². The third-order valence-corrected chi connectivity index (χ3v) is 0. The molecule has 0 bridgehead atoms. The largest absolute Gasteiger partial charge is 2.00 e. The first-order valence-corrected chi connectivity index (χ1v) is 1.39. The van der Waals surface area contributed by atoms with Gasteiger partial charge in [0, 0.05) is 0 Å². The molecule has 0 aliphatic heterocycles. The van der Waals surface area contributed by atoms with E-state index in [9.17, 15) is 0 Å². The van der Waals surface area contributed by atoms with Crippen LogP contribution in [0.3, 0.4) is 0 Å². The second kappa shape index (κ2) is 10.5. The van der Waals surface area contributed by atoms with E-state index < -0.39 is 12.2 Å². The minimum Gasteiger partial charge on any atom is -0.530 e. The smallest absolute Gasteiger partial charge is 0.530 e. The molecule has 48 valence electrons. The van der Waals surface area contributed by atoms with Gasteiger partial charge >= 0.3 is 27.7 Å². The number of primary amides is 2. The van der Waals surface area contributed by atoms with Crippen molar-refractivity contribution >= 4 is 12.2 Å². The second-order valence-corrected chi connectivity index (χ2v) is 0.638. The molecule has 0 atom stereocenters. The predicted molar refractivity (Wildman–Crippen MR) is 19.2 cm³/mol. The fraction of sp³-hybridized carbons (Fsp3) is 0. The van der Waals surface area contributed by atoms with Gasteiger partial charge in [0.25, 0.3) is 0 Å². The molecule has 0 radical (unpaired) electrons. The fourth-order valence-electron chi connectivity index (χ4n) is 0.